The molecule has 0 aliphatic heterocycles. The van der Waals surface area contributed by atoms with Crippen molar-refractivity contribution in [2.45, 2.75) is 6.92 Å². The lowest BCUT2D eigenvalue weighted by Gasteiger charge is -2.13. The van der Waals surface area contributed by atoms with Gasteiger partial charge in [-0.25, -0.2) is 0 Å². The van der Waals surface area contributed by atoms with Gasteiger partial charge < -0.3 is 15.9 Å². The average molecular weight is 195 g/mol. The molecule has 1 rings (SSSR count). The molecule has 0 radical (unpaired) electrons. The molecule has 5 nitrogen and oxygen atoms in total. The third-order valence-electron chi connectivity index (χ3n) is 2.05. The second-order valence-corrected chi connectivity index (χ2v) is 2.86. The van der Waals surface area contributed by atoms with E-state index in [0.29, 0.717) is 29.0 Å². The molecule has 0 aromatic heterocycles. The Morgan fingerprint density at radius 2 is 2.21 bits per heavy atom. The highest BCUT2D eigenvalue weighted by atomic mass is 16.5. The predicted molar refractivity (Wildman–Crippen MR) is 55.3 cm³/mol. The van der Waals surface area contributed by atoms with Crippen molar-refractivity contribution < 1.29 is 9.53 Å². The number of ether oxygens (including phenoxy) is 1. The first-order valence-corrected chi connectivity index (χ1v) is 4.04. The predicted octanol–water partition coefficient (Wildman–Crippen LogP) is 0.684. The third kappa shape index (κ3) is 1.49. The van der Waals surface area contributed by atoms with Crippen LogP contribution in [0.5, 0.6) is 5.75 Å². The standard InChI is InChI=1S/C9H13N3O2/c1-5-3-7(14-2)6(4-13)8(10)9(5)12-11/h3-4,12H,10-11H2,1-2H3. The minimum absolute atomic E-state index is 0.305. The van der Waals surface area contributed by atoms with E-state index in [-0.39, 0.29) is 0 Å². The molecule has 1 aromatic carbocycles. The Hall–Kier alpha value is -1.75. The van der Waals surface area contributed by atoms with Crippen molar-refractivity contribution in [3.05, 3.63) is 17.2 Å². The summed E-state index contributed by atoms with van der Waals surface area (Å²) < 4.78 is 5.02. The molecule has 0 heterocycles. The van der Waals surface area contributed by atoms with Crippen LogP contribution in [0.4, 0.5) is 11.4 Å². The van der Waals surface area contributed by atoms with Crippen molar-refractivity contribution in [2.75, 3.05) is 18.3 Å². The largest absolute Gasteiger partial charge is 0.496 e. The number of nitrogens with two attached hydrogens (primary N) is 2. The molecule has 5 N–H and O–H groups in total. The van der Waals surface area contributed by atoms with Gasteiger partial charge >= 0.3 is 0 Å². The molecule has 0 bridgehead atoms. The van der Waals surface area contributed by atoms with E-state index in [1.54, 1.807) is 6.07 Å². The number of nitrogen functional groups attached to an aromatic ring is 2. The van der Waals surface area contributed by atoms with Crippen molar-refractivity contribution >= 4 is 17.7 Å². The van der Waals surface area contributed by atoms with Gasteiger partial charge in [0.05, 0.1) is 24.0 Å². The number of benzene rings is 1. The van der Waals surface area contributed by atoms with E-state index >= 15 is 0 Å². The smallest absolute Gasteiger partial charge is 0.155 e. The molecule has 0 fully saturated rings. The summed E-state index contributed by atoms with van der Waals surface area (Å²) in [5.41, 5.74) is 10.2. The molecule has 0 spiro atoms. The van der Waals surface area contributed by atoms with Crippen molar-refractivity contribution in [3.8, 4) is 5.75 Å². The molecule has 76 valence electrons. The first kappa shape index (κ1) is 10.3. The number of carbonyl (C=O) groups excluding carboxylic acids is 1. The fraction of sp³-hybridized carbons (Fsp3) is 0.222. The lowest BCUT2D eigenvalue weighted by atomic mass is 10.1. The number of nitrogens with one attached hydrogen (secondary N) is 1. The van der Waals surface area contributed by atoms with Gasteiger partial charge in [-0.1, -0.05) is 0 Å². The summed E-state index contributed by atoms with van der Waals surface area (Å²) in [6.45, 7) is 1.82. The lowest BCUT2D eigenvalue weighted by Crippen LogP contribution is -2.12. The number of carbonyl (C=O) groups is 1. The molecule has 0 saturated heterocycles. The Labute approximate surface area is 82.0 Å². The second kappa shape index (κ2) is 3.97. The zero-order valence-electron chi connectivity index (χ0n) is 8.13. The molecule has 0 aliphatic rings. The minimum Gasteiger partial charge on any atom is -0.496 e. The summed E-state index contributed by atoms with van der Waals surface area (Å²) in [4.78, 5) is 10.8. The first-order valence-electron chi connectivity index (χ1n) is 4.04. The van der Waals surface area contributed by atoms with Crippen molar-refractivity contribution in [2.24, 2.45) is 5.84 Å². The van der Waals surface area contributed by atoms with Gasteiger partial charge in [0.1, 0.15) is 5.75 Å². The van der Waals surface area contributed by atoms with Crippen molar-refractivity contribution in [3.63, 3.8) is 0 Å². The highest BCUT2D eigenvalue weighted by Crippen LogP contribution is 2.32. The summed E-state index contributed by atoms with van der Waals surface area (Å²) in [5.74, 6) is 5.73. The van der Waals surface area contributed by atoms with E-state index in [0.717, 1.165) is 5.56 Å². The van der Waals surface area contributed by atoms with Crippen LogP contribution in [0.2, 0.25) is 0 Å². The number of hydrogen-bond acceptors (Lipinski definition) is 5. The van der Waals surface area contributed by atoms with Gasteiger partial charge in [0.25, 0.3) is 0 Å². The lowest BCUT2D eigenvalue weighted by molar-refractivity contribution is 0.112. The van der Waals surface area contributed by atoms with E-state index < -0.39 is 0 Å². The zero-order valence-corrected chi connectivity index (χ0v) is 8.13. The van der Waals surface area contributed by atoms with Gasteiger partial charge in [0.15, 0.2) is 6.29 Å². The quantitative estimate of drug-likeness (QED) is 0.285. The third-order valence-corrected chi connectivity index (χ3v) is 2.05. The van der Waals surface area contributed by atoms with Gasteiger partial charge in [-0.3, -0.25) is 10.6 Å². The van der Waals surface area contributed by atoms with Crippen LogP contribution in [-0.2, 0) is 0 Å². The van der Waals surface area contributed by atoms with E-state index in [1.165, 1.54) is 7.11 Å². The molecule has 0 atom stereocenters. The Kier molecular flexibility index (Phi) is 2.93. The number of rotatable bonds is 3. The van der Waals surface area contributed by atoms with Gasteiger partial charge in [-0.2, -0.15) is 0 Å². The maximum Gasteiger partial charge on any atom is 0.155 e. The van der Waals surface area contributed by atoms with Crippen LogP contribution in [-0.4, -0.2) is 13.4 Å². The first-order chi connectivity index (χ1) is 6.65. The number of methoxy groups -OCH3 is 1. The van der Waals surface area contributed by atoms with E-state index in [9.17, 15) is 4.79 Å². The second-order valence-electron chi connectivity index (χ2n) is 2.86. The van der Waals surface area contributed by atoms with Gasteiger partial charge in [0.2, 0.25) is 0 Å². The number of aryl methyl sites for hydroxylation is 1. The molecule has 0 amide bonds. The Balaban J connectivity index is 3.46. The van der Waals surface area contributed by atoms with Gasteiger partial charge in [-0.05, 0) is 18.6 Å². The monoisotopic (exact) mass is 195 g/mol. The number of hydrazine groups is 1. The molecule has 14 heavy (non-hydrogen) atoms. The van der Waals surface area contributed by atoms with Crippen LogP contribution in [0.15, 0.2) is 6.07 Å². The topological polar surface area (TPSA) is 90.4 Å². The molecular weight excluding hydrogens is 182 g/mol. The summed E-state index contributed by atoms with van der Waals surface area (Å²) in [5, 5.41) is 0. The molecule has 1 aromatic rings. The molecule has 0 saturated carbocycles. The normalized spacial score (nSPS) is 9.64. The molecule has 5 heteroatoms. The van der Waals surface area contributed by atoms with Crippen LogP contribution < -0.4 is 21.7 Å². The summed E-state index contributed by atoms with van der Waals surface area (Å²) >= 11 is 0. The van der Waals surface area contributed by atoms with Crippen LogP contribution in [0.3, 0.4) is 0 Å². The molecule has 0 unspecified atom stereocenters. The SMILES string of the molecule is COc1cc(C)c(NN)c(N)c1C=O. The maximum atomic E-state index is 10.8. The van der Waals surface area contributed by atoms with E-state index in [4.69, 9.17) is 16.3 Å². The van der Waals surface area contributed by atoms with Gasteiger partial charge in [0, 0.05) is 0 Å². The fourth-order valence-electron chi connectivity index (χ4n) is 1.31. The summed E-state index contributed by atoms with van der Waals surface area (Å²) in [7, 11) is 1.48. The minimum atomic E-state index is 0.305. The van der Waals surface area contributed by atoms with Crippen LogP contribution in [0.25, 0.3) is 0 Å². The number of anilines is 2. The van der Waals surface area contributed by atoms with Crippen LogP contribution in [0.1, 0.15) is 15.9 Å². The molecular formula is C9H13N3O2. The number of hydrogen-bond donors (Lipinski definition) is 3. The Bertz CT molecular complexity index is 364. The summed E-state index contributed by atoms with van der Waals surface area (Å²) in [6.07, 6.45) is 0.647. The van der Waals surface area contributed by atoms with Crippen LogP contribution >= 0.6 is 0 Å². The Morgan fingerprint density at radius 3 is 2.64 bits per heavy atom. The maximum absolute atomic E-state index is 10.8. The van der Waals surface area contributed by atoms with Gasteiger partial charge in [-0.15, -0.1) is 0 Å². The average Bonchev–Trinajstić information content (AvgIpc) is 2.17. The highest BCUT2D eigenvalue weighted by molar-refractivity contribution is 5.93. The van der Waals surface area contributed by atoms with E-state index in [2.05, 4.69) is 5.43 Å². The van der Waals surface area contributed by atoms with Crippen molar-refractivity contribution in [1.82, 2.24) is 0 Å². The highest BCUT2D eigenvalue weighted by Gasteiger charge is 2.12. The van der Waals surface area contributed by atoms with Crippen LogP contribution in [0, 0.1) is 6.92 Å². The fourth-order valence-corrected chi connectivity index (χ4v) is 1.31. The van der Waals surface area contributed by atoms with Crippen molar-refractivity contribution in [1.29, 1.82) is 0 Å². The number of aldehydes is 1. The molecule has 0 aliphatic carbocycles. The zero-order chi connectivity index (χ0) is 10.7. The van der Waals surface area contributed by atoms with E-state index in [1.807, 2.05) is 6.92 Å². The summed E-state index contributed by atoms with van der Waals surface area (Å²) in [6, 6.07) is 1.70. The Morgan fingerprint density at radius 1 is 1.57 bits per heavy atom.